The second kappa shape index (κ2) is 22.9. The van der Waals surface area contributed by atoms with Crippen LogP contribution in [0.25, 0.3) is 0 Å². The monoisotopic (exact) mass is 693 g/mol. The molecule has 274 valence electrons. The smallest absolute Gasteiger partial charge is 0.245 e. The molecule has 48 heavy (non-hydrogen) atoms. The average molecular weight is 694 g/mol. The maximum absolute atomic E-state index is 12.7. The van der Waals surface area contributed by atoms with Crippen LogP contribution < -0.4 is 53.8 Å². The molecular formula is C26H47N9O13. The number of nitrogens with two attached hydrogens (primary N) is 1. The Morgan fingerprint density at radius 1 is 0.604 bits per heavy atom. The van der Waals surface area contributed by atoms with Crippen LogP contribution in [0.15, 0.2) is 0 Å². The Kier molecular flexibility index (Phi) is 20.8. The van der Waals surface area contributed by atoms with Crippen molar-refractivity contribution < 1.29 is 69.6 Å². The first-order chi connectivity index (χ1) is 22.6. The minimum atomic E-state index is -1.75. The minimum Gasteiger partial charge on any atom is -0.550 e. The van der Waals surface area contributed by atoms with Gasteiger partial charge in [-0.25, -0.2) is 0 Å². The summed E-state index contributed by atoms with van der Waals surface area (Å²) in [5.74, 6) is -8.82. The Hall–Kier alpha value is -4.48. The molecular weight excluding hydrogens is 646 g/mol. The molecule has 22 nitrogen and oxygen atoms in total. The normalized spacial score (nSPS) is 15.2. The van der Waals surface area contributed by atoms with E-state index >= 15 is 0 Å². The van der Waals surface area contributed by atoms with Crippen molar-refractivity contribution in [1.29, 1.82) is 0 Å². The second-order valence-corrected chi connectivity index (χ2v) is 10.4. The van der Waals surface area contributed by atoms with Gasteiger partial charge in [0.25, 0.3) is 0 Å². The number of unbranched alkanes of at least 4 members (excludes halogenated alkanes) is 1. The van der Waals surface area contributed by atoms with Gasteiger partial charge < -0.3 is 79.0 Å². The highest BCUT2D eigenvalue weighted by molar-refractivity contribution is 5.97. The van der Waals surface area contributed by atoms with Crippen LogP contribution in [0.2, 0.25) is 0 Å². The molecule has 0 heterocycles. The number of amides is 7. The van der Waals surface area contributed by atoms with E-state index in [9.17, 15) is 63.9 Å². The van der Waals surface area contributed by atoms with Gasteiger partial charge in [-0.05, 0) is 33.2 Å². The summed E-state index contributed by atoms with van der Waals surface area (Å²) in [6, 6.07) is -10.6. The van der Waals surface area contributed by atoms with Crippen LogP contribution in [-0.4, -0.2) is 150 Å². The molecule has 0 aromatic rings. The molecule has 22 heteroatoms. The zero-order chi connectivity index (χ0) is 37.0. The fourth-order valence-corrected chi connectivity index (χ4v) is 3.85. The van der Waals surface area contributed by atoms with Gasteiger partial charge in [0, 0.05) is 12.4 Å². The van der Waals surface area contributed by atoms with Crippen LogP contribution in [-0.2, 0) is 38.4 Å². The SMILES string of the molecule is CN[C@@H](CC(=O)[O-])C(=O)NC(CO)C(=O)N[C@@H](C)C(=O)NC(CO)C(=O)N[C@@H](CO)C(=O)NC(CO)C(=O)N[C@@H](CCCC[NH3+])C(N)=O. The van der Waals surface area contributed by atoms with Crippen molar-refractivity contribution >= 4 is 47.3 Å². The van der Waals surface area contributed by atoms with Gasteiger partial charge in [0.2, 0.25) is 41.4 Å². The van der Waals surface area contributed by atoms with Crippen LogP contribution in [0.1, 0.15) is 32.6 Å². The quantitative estimate of drug-likeness (QED) is 0.0418. The van der Waals surface area contributed by atoms with E-state index in [0.29, 0.717) is 19.4 Å². The molecule has 16 N–H and O–H groups in total. The van der Waals surface area contributed by atoms with E-state index in [-0.39, 0.29) is 6.42 Å². The van der Waals surface area contributed by atoms with Crippen molar-refractivity contribution in [3.63, 3.8) is 0 Å². The van der Waals surface area contributed by atoms with Gasteiger partial charge in [-0.2, -0.15) is 0 Å². The summed E-state index contributed by atoms with van der Waals surface area (Å²) in [6.07, 6.45) is 0.596. The summed E-state index contributed by atoms with van der Waals surface area (Å²) in [6.45, 7) is -2.21. The molecule has 7 atom stereocenters. The van der Waals surface area contributed by atoms with Gasteiger partial charge >= 0.3 is 0 Å². The lowest BCUT2D eigenvalue weighted by molar-refractivity contribution is -0.368. The number of hydrogen-bond donors (Lipinski definition) is 13. The number of aliphatic hydroxyl groups is 4. The maximum Gasteiger partial charge on any atom is 0.245 e. The van der Waals surface area contributed by atoms with Gasteiger partial charge in [0.1, 0.15) is 36.3 Å². The largest absolute Gasteiger partial charge is 0.550 e. The van der Waals surface area contributed by atoms with Crippen LogP contribution in [0.5, 0.6) is 0 Å². The number of hydrogen-bond acceptors (Lipinski definition) is 14. The Morgan fingerprint density at radius 3 is 1.29 bits per heavy atom. The fraction of sp³-hybridized carbons (Fsp3) is 0.692. The number of carboxylic acids is 1. The molecule has 7 amide bonds. The average Bonchev–Trinajstić information content (AvgIpc) is 3.04. The van der Waals surface area contributed by atoms with Crippen molar-refractivity contribution in [1.82, 2.24) is 37.2 Å². The molecule has 0 aromatic carbocycles. The van der Waals surface area contributed by atoms with Crippen molar-refractivity contribution in [3.8, 4) is 0 Å². The molecule has 0 spiro atoms. The molecule has 0 saturated carbocycles. The van der Waals surface area contributed by atoms with Crippen LogP contribution in [0, 0.1) is 0 Å². The number of carbonyl (C=O) groups is 8. The van der Waals surface area contributed by atoms with Gasteiger partial charge in [-0.1, -0.05) is 0 Å². The molecule has 0 saturated heterocycles. The molecule has 0 rings (SSSR count). The predicted octanol–water partition coefficient (Wildman–Crippen LogP) is -10.5. The van der Waals surface area contributed by atoms with E-state index in [1.807, 2.05) is 0 Å². The van der Waals surface area contributed by atoms with Crippen LogP contribution in [0.4, 0.5) is 0 Å². The van der Waals surface area contributed by atoms with Gasteiger partial charge in [0.15, 0.2) is 0 Å². The maximum atomic E-state index is 12.7. The number of carboxylic acid groups (broad SMARTS) is 1. The second-order valence-electron chi connectivity index (χ2n) is 10.4. The van der Waals surface area contributed by atoms with Crippen LogP contribution in [0.3, 0.4) is 0 Å². The fourth-order valence-electron chi connectivity index (χ4n) is 3.85. The van der Waals surface area contributed by atoms with E-state index in [1.165, 1.54) is 7.05 Å². The Labute approximate surface area is 275 Å². The Bertz CT molecular complexity index is 1130. The third-order valence-electron chi connectivity index (χ3n) is 6.70. The van der Waals surface area contributed by atoms with Crippen molar-refractivity contribution in [3.05, 3.63) is 0 Å². The molecule has 0 radical (unpaired) electrons. The first-order valence-electron chi connectivity index (χ1n) is 14.8. The molecule has 3 unspecified atom stereocenters. The van der Waals surface area contributed by atoms with Gasteiger partial charge in [0.05, 0.1) is 39.0 Å². The highest BCUT2D eigenvalue weighted by Crippen LogP contribution is 2.01. The molecule has 0 aliphatic carbocycles. The summed E-state index contributed by atoms with van der Waals surface area (Å²) < 4.78 is 0. The first kappa shape index (κ1) is 43.5. The third-order valence-corrected chi connectivity index (χ3v) is 6.70. The Balaban J connectivity index is 5.30. The van der Waals surface area contributed by atoms with Crippen molar-refractivity contribution in [2.24, 2.45) is 5.73 Å². The number of aliphatic carboxylic acids is 1. The lowest BCUT2D eigenvalue weighted by Gasteiger charge is -2.25. The summed E-state index contributed by atoms with van der Waals surface area (Å²) >= 11 is 0. The summed E-state index contributed by atoms with van der Waals surface area (Å²) in [7, 11) is 1.28. The predicted molar refractivity (Wildman–Crippen MR) is 159 cm³/mol. The van der Waals surface area contributed by atoms with E-state index in [1.54, 1.807) is 0 Å². The summed E-state index contributed by atoms with van der Waals surface area (Å²) in [4.78, 5) is 97.9. The number of quaternary nitrogens is 1. The highest BCUT2D eigenvalue weighted by atomic mass is 16.4. The standard InChI is InChI=1S/C26H47N9O13/c1-12(30-23(45)15(8-36)33-22(44)14(29-2)7-19(40)41)21(43)32-16(9-37)25(47)35-18(11-39)26(48)34-17(10-38)24(46)31-13(20(28)42)5-3-4-6-27/h12-18,29,36-39H,3-11,27H2,1-2H3,(H2,28,42)(H,30,45)(H,31,46)(H,32,43)(H,33,44)(H,34,48)(H,35,47)(H,40,41)/t12-,13-,14-,15?,16?,17?,18-/m0/s1. The summed E-state index contributed by atoms with van der Waals surface area (Å²) in [5, 5.41) is 64.5. The number of primary amides is 1. The van der Waals surface area contributed by atoms with E-state index < -0.39 is 122 Å². The van der Waals surface area contributed by atoms with Gasteiger partial charge in [-0.15, -0.1) is 0 Å². The molecule has 0 aromatic heterocycles. The number of rotatable bonds is 24. The minimum absolute atomic E-state index is 0.178. The zero-order valence-electron chi connectivity index (χ0n) is 26.7. The number of aliphatic hydroxyl groups excluding tert-OH is 4. The van der Waals surface area contributed by atoms with Crippen molar-refractivity contribution in [2.75, 3.05) is 40.0 Å². The molecule has 0 fully saturated rings. The number of carbonyl (C=O) groups excluding carboxylic acids is 8. The van der Waals surface area contributed by atoms with E-state index in [2.05, 4.69) is 43.0 Å². The molecule has 0 aliphatic rings. The number of likely N-dealkylation sites (N-methyl/N-ethyl adjacent to an activating group) is 1. The molecule has 0 aliphatic heterocycles. The lowest BCUT2D eigenvalue weighted by atomic mass is 10.1. The first-order valence-corrected chi connectivity index (χ1v) is 14.8. The number of nitrogens with one attached hydrogen (secondary N) is 7. The van der Waals surface area contributed by atoms with Gasteiger partial charge in [-0.3, -0.25) is 33.6 Å². The third kappa shape index (κ3) is 15.4. The molecule has 0 bridgehead atoms. The Morgan fingerprint density at radius 2 is 0.958 bits per heavy atom. The lowest BCUT2D eigenvalue weighted by Crippen LogP contribution is -2.61. The summed E-state index contributed by atoms with van der Waals surface area (Å²) in [5.41, 5.74) is 8.97. The van der Waals surface area contributed by atoms with Crippen LogP contribution >= 0.6 is 0 Å². The highest BCUT2D eigenvalue weighted by Gasteiger charge is 2.32. The topological polar surface area (TPSA) is 378 Å². The zero-order valence-corrected chi connectivity index (χ0v) is 26.7. The van der Waals surface area contributed by atoms with E-state index in [0.717, 1.165) is 6.92 Å². The van der Waals surface area contributed by atoms with Crippen molar-refractivity contribution in [2.45, 2.75) is 74.9 Å². The van der Waals surface area contributed by atoms with E-state index in [4.69, 9.17) is 5.73 Å².